The first kappa shape index (κ1) is 14.1. The molecule has 0 saturated carbocycles. The standard InChI is InChI=1S/C14H10BrF3O/c15-9-3-1-8(2-4-9)5-13(19)14-11(17)6-10(16)7-12(14)18/h1-4,6-7,13,19H,5H2. The average Bonchev–Trinajstić information content (AvgIpc) is 2.30. The van der Waals surface area contributed by atoms with Crippen LogP contribution in [0, 0.1) is 17.5 Å². The number of rotatable bonds is 3. The van der Waals surface area contributed by atoms with Gasteiger partial charge in [0.25, 0.3) is 0 Å². The van der Waals surface area contributed by atoms with E-state index in [0.29, 0.717) is 12.1 Å². The van der Waals surface area contributed by atoms with E-state index in [1.54, 1.807) is 24.3 Å². The van der Waals surface area contributed by atoms with Crippen molar-refractivity contribution in [2.75, 3.05) is 0 Å². The van der Waals surface area contributed by atoms with Crippen molar-refractivity contribution in [1.82, 2.24) is 0 Å². The molecule has 2 rings (SSSR count). The highest BCUT2D eigenvalue weighted by atomic mass is 79.9. The zero-order valence-electron chi connectivity index (χ0n) is 9.71. The molecule has 100 valence electrons. The second-order valence-corrected chi connectivity index (χ2v) is 5.05. The van der Waals surface area contributed by atoms with Crippen LogP contribution in [0.2, 0.25) is 0 Å². The van der Waals surface area contributed by atoms with Gasteiger partial charge in [0.1, 0.15) is 17.5 Å². The number of benzene rings is 2. The number of aliphatic hydroxyl groups excluding tert-OH is 1. The van der Waals surface area contributed by atoms with Gasteiger partial charge < -0.3 is 5.11 Å². The molecule has 0 aliphatic rings. The third-order valence-electron chi connectivity index (χ3n) is 2.72. The first-order valence-corrected chi connectivity index (χ1v) is 6.33. The Kier molecular flexibility index (Phi) is 4.27. The van der Waals surface area contributed by atoms with E-state index in [1.165, 1.54) is 0 Å². The zero-order valence-corrected chi connectivity index (χ0v) is 11.3. The number of hydrogen-bond acceptors (Lipinski definition) is 1. The third-order valence-corrected chi connectivity index (χ3v) is 3.25. The van der Waals surface area contributed by atoms with Crippen LogP contribution in [-0.2, 0) is 6.42 Å². The van der Waals surface area contributed by atoms with Crippen LogP contribution in [0.4, 0.5) is 13.2 Å². The van der Waals surface area contributed by atoms with Crippen molar-refractivity contribution >= 4 is 15.9 Å². The van der Waals surface area contributed by atoms with Gasteiger partial charge >= 0.3 is 0 Å². The molecule has 5 heteroatoms. The monoisotopic (exact) mass is 330 g/mol. The molecule has 1 N–H and O–H groups in total. The normalized spacial score (nSPS) is 12.5. The fourth-order valence-corrected chi connectivity index (χ4v) is 2.08. The van der Waals surface area contributed by atoms with Crippen LogP contribution >= 0.6 is 15.9 Å². The molecule has 2 aromatic carbocycles. The van der Waals surface area contributed by atoms with Crippen molar-refractivity contribution in [2.45, 2.75) is 12.5 Å². The SMILES string of the molecule is OC(Cc1ccc(Br)cc1)c1c(F)cc(F)cc1F. The van der Waals surface area contributed by atoms with Crippen molar-refractivity contribution in [2.24, 2.45) is 0 Å². The second-order valence-electron chi connectivity index (χ2n) is 4.13. The summed E-state index contributed by atoms with van der Waals surface area (Å²) in [5.74, 6) is -3.17. The van der Waals surface area contributed by atoms with E-state index in [2.05, 4.69) is 15.9 Å². The smallest absolute Gasteiger partial charge is 0.134 e. The summed E-state index contributed by atoms with van der Waals surface area (Å²) in [6.45, 7) is 0. The van der Waals surface area contributed by atoms with Crippen molar-refractivity contribution < 1.29 is 18.3 Å². The lowest BCUT2D eigenvalue weighted by Gasteiger charge is -2.13. The Labute approximate surface area is 116 Å². The lowest BCUT2D eigenvalue weighted by atomic mass is 10.0. The van der Waals surface area contributed by atoms with Gasteiger partial charge in [-0.25, -0.2) is 13.2 Å². The van der Waals surface area contributed by atoms with Gasteiger partial charge in [0.2, 0.25) is 0 Å². The Morgan fingerprint density at radius 2 is 1.53 bits per heavy atom. The Morgan fingerprint density at radius 1 is 1.00 bits per heavy atom. The quantitative estimate of drug-likeness (QED) is 0.896. The van der Waals surface area contributed by atoms with Gasteiger partial charge in [0.05, 0.1) is 11.7 Å². The van der Waals surface area contributed by atoms with E-state index < -0.39 is 29.1 Å². The van der Waals surface area contributed by atoms with E-state index in [0.717, 1.165) is 10.0 Å². The zero-order chi connectivity index (χ0) is 14.0. The Bertz CT molecular complexity index is 561. The molecule has 0 bridgehead atoms. The molecule has 2 aromatic rings. The molecule has 0 saturated heterocycles. The highest BCUT2D eigenvalue weighted by Crippen LogP contribution is 2.25. The fourth-order valence-electron chi connectivity index (χ4n) is 1.82. The minimum atomic E-state index is -1.36. The molecule has 19 heavy (non-hydrogen) atoms. The summed E-state index contributed by atoms with van der Waals surface area (Å²) >= 11 is 3.26. The van der Waals surface area contributed by atoms with E-state index in [1.807, 2.05) is 0 Å². The maximum absolute atomic E-state index is 13.5. The molecule has 0 amide bonds. The van der Waals surface area contributed by atoms with Crippen LogP contribution in [0.5, 0.6) is 0 Å². The largest absolute Gasteiger partial charge is 0.388 e. The first-order valence-electron chi connectivity index (χ1n) is 5.54. The minimum absolute atomic E-state index is 0.0484. The minimum Gasteiger partial charge on any atom is -0.388 e. The summed E-state index contributed by atoms with van der Waals surface area (Å²) in [6.07, 6.45) is -1.31. The van der Waals surface area contributed by atoms with Crippen LogP contribution in [0.25, 0.3) is 0 Å². The van der Waals surface area contributed by atoms with Crippen LogP contribution in [0.15, 0.2) is 40.9 Å². The van der Waals surface area contributed by atoms with Gasteiger partial charge in [-0.2, -0.15) is 0 Å². The molecular weight excluding hydrogens is 321 g/mol. The molecular formula is C14H10BrF3O. The highest BCUT2D eigenvalue weighted by Gasteiger charge is 2.19. The predicted octanol–water partition coefficient (Wildman–Crippen LogP) is 4.14. The van der Waals surface area contributed by atoms with Crippen LogP contribution < -0.4 is 0 Å². The predicted molar refractivity (Wildman–Crippen MR) is 69.1 cm³/mol. The average molecular weight is 331 g/mol. The first-order chi connectivity index (χ1) is 8.97. The number of hydrogen-bond donors (Lipinski definition) is 1. The maximum atomic E-state index is 13.5. The highest BCUT2D eigenvalue weighted by molar-refractivity contribution is 9.10. The van der Waals surface area contributed by atoms with E-state index in [-0.39, 0.29) is 6.42 Å². The molecule has 1 nitrogen and oxygen atoms in total. The summed E-state index contributed by atoms with van der Waals surface area (Å²) in [7, 11) is 0. The van der Waals surface area contributed by atoms with Crippen molar-refractivity contribution in [3.8, 4) is 0 Å². The summed E-state index contributed by atoms with van der Waals surface area (Å²) in [6, 6.07) is 8.10. The fraction of sp³-hybridized carbons (Fsp3) is 0.143. The molecule has 0 heterocycles. The van der Waals surface area contributed by atoms with E-state index in [9.17, 15) is 18.3 Å². The maximum Gasteiger partial charge on any atom is 0.134 e. The van der Waals surface area contributed by atoms with E-state index in [4.69, 9.17) is 0 Å². The number of halogens is 4. The van der Waals surface area contributed by atoms with Crippen molar-refractivity contribution in [3.63, 3.8) is 0 Å². The van der Waals surface area contributed by atoms with Crippen LogP contribution in [-0.4, -0.2) is 5.11 Å². The van der Waals surface area contributed by atoms with Crippen LogP contribution in [0.3, 0.4) is 0 Å². The summed E-state index contributed by atoms with van der Waals surface area (Å²) < 4.78 is 40.6. The lowest BCUT2D eigenvalue weighted by Crippen LogP contribution is -2.08. The van der Waals surface area contributed by atoms with Gasteiger partial charge in [0.15, 0.2) is 0 Å². The third kappa shape index (κ3) is 3.36. The summed E-state index contributed by atoms with van der Waals surface area (Å²) in [5.41, 5.74) is 0.211. The lowest BCUT2D eigenvalue weighted by molar-refractivity contribution is 0.168. The Hall–Kier alpha value is -1.33. The van der Waals surface area contributed by atoms with Gasteiger partial charge in [-0.05, 0) is 17.7 Å². The number of aliphatic hydroxyl groups is 1. The van der Waals surface area contributed by atoms with Crippen molar-refractivity contribution in [1.29, 1.82) is 0 Å². The molecule has 0 aromatic heterocycles. The topological polar surface area (TPSA) is 20.2 Å². The summed E-state index contributed by atoms with van der Waals surface area (Å²) in [4.78, 5) is 0. The van der Waals surface area contributed by atoms with E-state index >= 15 is 0 Å². The molecule has 0 aliphatic carbocycles. The van der Waals surface area contributed by atoms with Gasteiger partial charge in [-0.15, -0.1) is 0 Å². The summed E-state index contributed by atoms with van der Waals surface area (Å²) in [5, 5.41) is 9.88. The molecule has 0 fully saturated rings. The van der Waals surface area contributed by atoms with Crippen molar-refractivity contribution in [3.05, 3.63) is 69.4 Å². The van der Waals surface area contributed by atoms with Gasteiger partial charge in [-0.1, -0.05) is 28.1 Å². The molecule has 0 radical (unpaired) electrons. The second kappa shape index (κ2) is 5.75. The van der Waals surface area contributed by atoms with Gasteiger partial charge in [0, 0.05) is 23.0 Å². The molecule has 0 aliphatic heterocycles. The molecule has 0 spiro atoms. The Morgan fingerprint density at radius 3 is 2.05 bits per heavy atom. The van der Waals surface area contributed by atoms with Gasteiger partial charge in [-0.3, -0.25) is 0 Å². The Balaban J connectivity index is 2.25. The molecule has 1 atom stereocenters. The van der Waals surface area contributed by atoms with Crippen LogP contribution in [0.1, 0.15) is 17.2 Å². The molecule has 1 unspecified atom stereocenters.